The van der Waals surface area contributed by atoms with Crippen molar-refractivity contribution in [2.24, 2.45) is 0 Å². The highest BCUT2D eigenvalue weighted by Gasteiger charge is 2.17. The molecule has 0 saturated carbocycles. The van der Waals surface area contributed by atoms with Crippen molar-refractivity contribution >= 4 is 0 Å². The predicted molar refractivity (Wildman–Crippen MR) is 101 cm³/mol. The lowest BCUT2D eigenvalue weighted by atomic mass is 9.82. The minimum Gasteiger partial charge on any atom is -0.0654 e. The van der Waals surface area contributed by atoms with Crippen molar-refractivity contribution < 1.29 is 0 Å². The molecule has 0 radical (unpaired) electrons. The van der Waals surface area contributed by atoms with Gasteiger partial charge in [0.2, 0.25) is 0 Å². The summed E-state index contributed by atoms with van der Waals surface area (Å²) in [5.41, 5.74) is 5.58. The molecule has 0 heterocycles. The molecule has 22 heavy (non-hydrogen) atoms. The molecule has 0 amide bonds. The number of unbranched alkanes of at least 4 members (excludes halogenated alkanes) is 1. The molecule has 0 aliphatic rings. The van der Waals surface area contributed by atoms with Crippen molar-refractivity contribution in [3.05, 3.63) is 59.7 Å². The van der Waals surface area contributed by atoms with Gasteiger partial charge in [0.15, 0.2) is 0 Å². The average Bonchev–Trinajstić information content (AvgIpc) is 2.56. The Bertz CT molecular complexity index is 527. The van der Waals surface area contributed by atoms with Gasteiger partial charge in [-0.3, -0.25) is 0 Å². The van der Waals surface area contributed by atoms with Gasteiger partial charge in [-0.05, 0) is 35.4 Å². The Morgan fingerprint density at radius 1 is 0.682 bits per heavy atom. The minimum absolute atomic E-state index is 0.270. The summed E-state index contributed by atoms with van der Waals surface area (Å²) in [4.78, 5) is 0. The van der Waals surface area contributed by atoms with Crippen LogP contribution < -0.4 is 0 Å². The molecule has 0 N–H and O–H groups in total. The van der Waals surface area contributed by atoms with E-state index in [4.69, 9.17) is 0 Å². The monoisotopic (exact) mass is 296 g/mol. The van der Waals surface area contributed by atoms with Crippen molar-refractivity contribution in [2.75, 3.05) is 0 Å². The Morgan fingerprint density at radius 3 is 1.45 bits per heavy atom. The molecule has 0 saturated heterocycles. The lowest BCUT2D eigenvalue weighted by Crippen LogP contribution is -2.14. The van der Waals surface area contributed by atoms with Crippen LogP contribution in [-0.4, -0.2) is 0 Å². The van der Waals surface area contributed by atoms with E-state index in [1.54, 1.807) is 0 Å². The molecule has 0 atom stereocenters. The molecule has 0 bridgehead atoms. The minimum atomic E-state index is 0.270. The summed E-state index contributed by atoms with van der Waals surface area (Å²) >= 11 is 0. The number of hydrogen-bond acceptors (Lipinski definition) is 0. The molecule has 0 heteroatoms. The lowest BCUT2D eigenvalue weighted by Gasteiger charge is -2.23. The summed E-state index contributed by atoms with van der Waals surface area (Å²) in [6, 6.07) is 17.7. The van der Waals surface area contributed by atoms with E-state index in [1.165, 1.54) is 35.1 Å². The van der Waals surface area contributed by atoms with Crippen LogP contribution in [0.2, 0.25) is 0 Å². The summed E-state index contributed by atoms with van der Waals surface area (Å²) in [5, 5.41) is 0. The molecule has 0 nitrogen and oxygen atoms in total. The van der Waals surface area contributed by atoms with E-state index < -0.39 is 0 Å². The van der Waals surface area contributed by atoms with E-state index in [-0.39, 0.29) is 5.41 Å². The van der Waals surface area contributed by atoms with Crippen LogP contribution in [0, 0.1) is 6.92 Å². The first-order chi connectivity index (χ1) is 10.4. The van der Waals surface area contributed by atoms with Gasteiger partial charge in [-0.15, -0.1) is 0 Å². The molecule has 0 fully saturated rings. The maximum Gasteiger partial charge on any atom is -0.0106 e. The first-order valence-electron chi connectivity index (χ1n) is 8.62. The predicted octanol–water partition coefficient (Wildman–Crippen LogP) is 7.16. The summed E-state index contributed by atoms with van der Waals surface area (Å²) < 4.78 is 0. The molecule has 2 rings (SSSR count). The van der Waals surface area contributed by atoms with Gasteiger partial charge in [-0.2, -0.15) is 0 Å². The highest BCUT2D eigenvalue weighted by molar-refractivity contribution is 5.64. The quantitative estimate of drug-likeness (QED) is 0.561. The fraction of sp³-hybridized carbons (Fsp3) is 0.455. The summed E-state index contributed by atoms with van der Waals surface area (Å²) in [7, 11) is 0. The maximum absolute atomic E-state index is 2.30. The highest BCUT2D eigenvalue weighted by atomic mass is 14.2. The van der Waals surface area contributed by atoms with Crippen LogP contribution in [0.1, 0.15) is 65.0 Å². The highest BCUT2D eigenvalue weighted by Crippen LogP contribution is 2.29. The van der Waals surface area contributed by atoms with E-state index in [2.05, 4.69) is 90.1 Å². The molecule has 0 aliphatic heterocycles. The number of aryl methyl sites for hydroxylation is 1. The van der Waals surface area contributed by atoms with Crippen molar-refractivity contribution in [2.45, 2.75) is 66.2 Å². The second-order valence-electron chi connectivity index (χ2n) is 6.68. The largest absolute Gasteiger partial charge is 0.0654 e. The summed E-state index contributed by atoms with van der Waals surface area (Å²) in [6.45, 7) is 13.3. The Balaban J connectivity index is 0.000000541. The van der Waals surface area contributed by atoms with Crippen LogP contribution in [0.25, 0.3) is 11.1 Å². The first kappa shape index (κ1) is 18.5. The van der Waals surface area contributed by atoms with E-state index >= 15 is 0 Å². The Hall–Kier alpha value is -1.56. The van der Waals surface area contributed by atoms with Gasteiger partial charge in [0, 0.05) is 0 Å². The van der Waals surface area contributed by atoms with E-state index in [0.29, 0.717) is 0 Å². The van der Waals surface area contributed by atoms with Crippen molar-refractivity contribution in [3.63, 3.8) is 0 Å². The lowest BCUT2D eigenvalue weighted by molar-refractivity contribution is 0.506. The van der Waals surface area contributed by atoms with Crippen molar-refractivity contribution in [3.8, 4) is 11.1 Å². The standard InChI is InChI=1S/C18H22.C4H10/c1-5-18(3,4)17-12-10-16(11-13-17)15-8-6-14(2)7-9-15;1-3-4-2/h6-13H,5H2,1-4H3;3-4H2,1-2H3. The maximum atomic E-state index is 2.30. The smallest absolute Gasteiger partial charge is 0.0106 e. The van der Waals surface area contributed by atoms with Crippen molar-refractivity contribution in [1.29, 1.82) is 0 Å². The normalized spacial score (nSPS) is 10.8. The third kappa shape index (κ3) is 5.33. The molecular formula is C22H32. The van der Waals surface area contributed by atoms with E-state index in [1.807, 2.05) is 0 Å². The van der Waals surface area contributed by atoms with Crippen LogP contribution in [0.5, 0.6) is 0 Å². The van der Waals surface area contributed by atoms with Gasteiger partial charge in [-0.25, -0.2) is 0 Å². The molecule has 2 aromatic carbocycles. The molecule has 120 valence electrons. The van der Waals surface area contributed by atoms with Crippen LogP contribution in [0.4, 0.5) is 0 Å². The van der Waals surface area contributed by atoms with Crippen LogP contribution >= 0.6 is 0 Å². The average molecular weight is 296 g/mol. The second-order valence-corrected chi connectivity index (χ2v) is 6.68. The fourth-order valence-electron chi connectivity index (χ4n) is 2.06. The number of rotatable bonds is 4. The van der Waals surface area contributed by atoms with Gasteiger partial charge in [0.1, 0.15) is 0 Å². The molecule has 0 aromatic heterocycles. The SMILES string of the molecule is CCC(C)(C)c1ccc(-c2ccc(C)cc2)cc1.CCCC. The van der Waals surface area contributed by atoms with E-state index in [0.717, 1.165) is 6.42 Å². The van der Waals surface area contributed by atoms with Gasteiger partial charge in [-0.1, -0.05) is 102 Å². The zero-order chi connectivity index (χ0) is 16.6. The molecule has 0 spiro atoms. The Labute approximate surface area is 137 Å². The second kappa shape index (κ2) is 8.78. The fourth-order valence-corrected chi connectivity index (χ4v) is 2.06. The van der Waals surface area contributed by atoms with Gasteiger partial charge in [0.05, 0.1) is 0 Å². The van der Waals surface area contributed by atoms with Gasteiger partial charge in [0.25, 0.3) is 0 Å². The van der Waals surface area contributed by atoms with Crippen LogP contribution in [0.3, 0.4) is 0 Å². The van der Waals surface area contributed by atoms with Crippen LogP contribution in [-0.2, 0) is 5.41 Å². The van der Waals surface area contributed by atoms with Crippen molar-refractivity contribution in [1.82, 2.24) is 0 Å². The molecule has 2 aromatic rings. The van der Waals surface area contributed by atoms with Gasteiger partial charge >= 0.3 is 0 Å². The van der Waals surface area contributed by atoms with E-state index in [9.17, 15) is 0 Å². The zero-order valence-electron chi connectivity index (χ0n) is 15.2. The first-order valence-corrected chi connectivity index (χ1v) is 8.62. The van der Waals surface area contributed by atoms with Crippen LogP contribution in [0.15, 0.2) is 48.5 Å². The zero-order valence-corrected chi connectivity index (χ0v) is 15.2. The van der Waals surface area contributed by atoms with Gasteiger partial charge < -0.3 is 0 Å². The molecular weight excluding hydrogens is 264 g/mol. The number of benzene rings is 2. The number of hydrogen-bond donors (Lipinski definition) is 0. The molecule has 0 aliphatic carbocycles. The Kier molecular flexibility index (Phi) is 7.38. The topological polar surface area (TPSA) is 0 Å². The molecule has 0 unspecified atom stereocenters. The summed E-state index contributed by atoms with van der Waals surface area (Å²) in [6.07, 6.45) is 3.80. The third-order valence-electron chi connectivity index (χ3n) is 4.44. The summed E-state index contributed by atoms with van der Waals surface area (Å²) in [5.74, 6) is 0. The third-order valence-corrected chi connectivity index (χ3v) is 4.44. The Morgan fingerprint density at radius 2 is 1.09 bits per heavy atom.